The molecule has 0 atom stereocenters. The van der Waals surface area contributed by atoms with Crippen LogP contribution in [-0.2, 0) is 4.74 Å². The third-order valence-corrected chi connectivity index (χ3v) is 2.97. The van der Waals surface area contributed by atoms with Gasteiger partial charge in [-0.05, 0) is 44.0 Å². The molecule has 1 N–H and O–H groups in total. The Labute approximate surface area is 116 Å². The standard InChI is InChI=1S/C16H25NO2/c1-13-11-14(2)15(16(12-13)19-4)7-5-6-8-17-9-10-18-3/h5,7,11-12,17H,6,8-10H2,1-4H3/b7-5+. The van der Waals surface area contributed by atoms with Crippen molar-refractivity contribution in [2.75, 3.05) is 33.9 Å². The number of hydrogen-bond donors (Lipinski definition) is 1. The fraction of sp³-hybridized carbons (Fsp3) is 0.500. The SMILES string of the molecule is COCCNCC/C=C/c1c(C)cc(C)cc1OC. The highest BCUT2D eigenvalue weighted by atomic mass is 16.5. The van der Waals surface area contributed by atoms with E-state index < -0.39 is 0 Å². The number of ether oxygens (including phenoxy) is 2. The fourth-order valence-electron chi connectivity index (χ4n) is 2.01. The number of benzene rings is 1. The molecule has 3 heteroatoms. The number of methoxy groups -OCH3 is 2. The van der Waals surface area contributed by atoms with Crippen molar-refractivity contribution in [2.45, 2.75) is 20.3 Å². The molecule has 19 heavy (non-hydrogen) atoms. The van der Waals surface area contributed by atoms with Gasteiger partial charge in [-0.1, -0.05) is 18.2 Å². The predicted octanol–water partition coefficient (Wildman–Crippen LogP) is 2.95. The molecule has 0 aliphatic carbocycles. The molecule has 1 aromatic rings. The lowest BCUT2D eigenvalue weighted by Gasteiger charge is -2.09. The van der Waals surface area contributed by atoms with Gasteiger partial charge in [0.15, 0.2) is 0 Å². The Hall–Kier alpha value is -1.32. The van der Waals surface area contributed by atoms with E-state index in [1.54, 1.807) is 14.2 Å². The van der Waals surface area contributed by atoms with E-state index >= 15 is 0 Å². The van der Waals surface area contributed by atoms with E-state index in [1.807, 2.05) is 0 Å². The van der Waals surface area contributed by atoms with Crippen LogP contribution in [0.3, 0.4) is 0 Å². The molecule has 0 saturated heterocycles. The average molecular weight is 263 g/mol. The molecule has 0 unspecified atom stereocenters. The molecule has 0 fully saturated rings. The number of nitrogens with one attached hydrogen (secondary N) is 1. The van der Waals surface area contributed by atoms with Crippen LogP contribution in [0.2, 0.25) is 0 Å². The third kappa shape index (κ3) is 5.45. The number of rotatable bonds is 8. The Morgan fingerprint density at radius 2 is 1.95 bits per heavy atom. The normalized spacial score (nSPS) is 11.2. The molecule has 1 rings (SSSR count). The fourth-order valence-corrected chi connectivity index (χ4v) is 2.01. The summed E-state index contributed by atoms with van der Waals surface area (Å²) in [6.07, 6.45) is 5.33. The number of aryl methyl sites for hydroxylation is 2. The lowest BCUT2D eigenvalue weighted by molar-refractivity contribution is 0.199. The highest BCUT2D eigenvalue weighted by Gasteiger charge is 2.03. The molecule has 1 aromatic carbocycles. The van der Waals surface area contributed by atoms with Gasteiger partial charge in [-0.3, -0.25) is 0 Å². The Morgan fingerprint density at radius 1 is 1.16 bits per heavy atom. The Kier molecular flexibility index (Phi) is 7.23. The molecular formula is C16H25NO2. The second kappa shape index (κ2) is 8.73. The molecule has 106 valence electrons. The molecule has 0 radical (unpaired) electrons. The zero-order valence-electron chi connectivity index (χ0n) is 12.5. The maximum atomic E-state index is 5.43. The van der Waals surface area contributed by atoms with Crippen LogP contribution in [-0.4, -0.2) is 33.9 Å². The zero-order valence-corrected chi connectivity index (χ0v) is 12.5. The van der Waals surface area contributed by atoms with Crippen molar-refractivity contribution in [1.82, 2.24) is 5.32 Å². The molecule has 3 nitrogen and oxygen atoms in total. The van der Waals surface area contributed by atoms with E-state index in [1.165, 1.54) is 16.7 Å². The first-order chi connectivity index (χ1) is 9.19. The minimum atomic E-state index is 0.759. The first-order valence-electron chi connectivity index (χ1n) is 6.70. The lowest BCUT2D eigenvalue weighted by Crippen LogP contribution is -2.19. The van der Waals surface area contributed by atoms with Crippen molar-refractivity contribution in [3.8, 4) is 5.75 Å². The Morgan fingerprint density at radius 3 is 2.63 bits per heavy atom. The highest BCUT2D eigenvalue weighted by Crippen LogP contribution is 2.25. The molecule has 0 bridgehead atoms. The summed E-state index contributed by atoms with van der Waals surface area (Å²) < 4.78 is 10.4. The molecule has 0 aliphatic heterocycles. The van der Waals surface area contributed by atoms with Crippen LogP contribution in [0, 0.1) is 13.8 Å². The largest absolute Gasteiger partial charge is 0.496 e. The van der Waals surface area contributed by atoms with Gasteiger partial charge in [0.1, 0.15) is 5.75 Å². The summed E-state index contributed by atoms with van der Waals surface area (Å²) in [4.78, 5) is 0. The van der Waals surface area contributed by atoms with Crippen LogP contribution in [0.4, 0.5) is 0 Å². The topological polar surface area (TPSA) is 30.5 Å². The first-order valence-corrected chi connectivity index (χ1v) is 6.70. The van der Waals surface area contributed by atoms with Gasteiger partial charge in [-0.2, -0.15) is 0 Å². The van der Waals surface area contributed by atoms with Crippen molar-refractivity contribution in [2.24, 2.45) is 0 Å². The van der Waals surface area contributed by atoms with Crippen molar-refractivity contribution < 1.29 is 9.47 Å². The van der Waals surface area contributed by atoms with Gasteiger partial charge in [0.05, 0.1) is 13.7 Å². The van der Waals surface area contributed by atoms with Crippen LogP contribution in [0.5, 0.6) is 5.75 Å². The summed E-state index contributed by atoms with van der Waals surface area (Å²) in [6, 6.07) is 4.25. The van der Waals surface area contributed by atoms with Crippen molar-refractivity contribution in [1.29, 1.82) is 0 Å². The van der Waals surface area contributed by atoms with Crippen LogP contribution in [0.1, 0.15) is 23.1 Å². The predicted molar refractivity (Wildman–Crippen MR) is 80.9 cm³/mol. The summed E-state index contributed by atoms with van der Waals surface area (Å²) in [7, 11) is 3.44. The Balaban J connectivity index is 2.52. The van der Waals surface area contributed by atoms with Crippen molar-refractivity contribution in [3.05, 3.63) is 34.9 Å². The van der Waals surface area contributed by atoms with Crippen LogP contribution in [0.25, 0.3) is 6.08 Å². The molecular weight excluding hydrogens is 238 g/mol. The monoisotopic (exact) mass is 263 g/mol. The summed E-state index contributed by atoms with van der Waals surface area (Å²) >= 11 is 0. The van der Waals surface area contributed by atoms with E-state index in [-0.39, 0.29) is 0 Å². The van der Waals surface area contributed by atoms with E-state index in [2.05, 4.69) is 43.4 Å². The van der Waals surface area contributed by atoms with E-state index in [4.69, 9.17) is 9.47 Å². The van der Waals surface area contributed by atoms with E-state index in [0.29, 0.717) is 0 Å². The molecule has 0 aromatic heterocycles. The quantitative estimate of drug-likeness (QED) is 0.731. The number of hydrogen-bond acceptors (Lipinski definition) is 3. The van der Waals surface area contributed by atoms with Crippen LogP contribution in [0.15, 0.2) is 18.2 Å². The molecule has 0 saturated carbocycles. The van der Waals surface area contributed by atoms with Gasteiger partial charge < -0.3 is 14.8 Å². The average Bonchev–Trinajstić information content (AvgIpc) is 2.39. The molecule has 0 amide bonds. The summed E-state index contributed by atoms with van der Waals surface area (Å²) in [5.41, 5.74) is 3.65. The van der Waals surface area contributed by atoms with Gasteiger partial charge in [0.2, 0.25) is 0 Å². The summed E-state index contributed by atoms with van der Waals surface area (Å²) in [6.45, 7) is 6.83. The van der Waals surface area contributed by atoms with Gasteiger partial charge in [-0.15, -0.1) is 0 Å². The maximum Gasteiger partial charge on any atom is 0.126 e. The van der Waals surface area contributed by atoms with E-state index in [9.17, 15) is 0 Å². The second-order valence-electron chi connectivity index (χ2n) is 4.63. The smallest absolute Gasteiger partial charge is 0.126 e. The Bertz CT molecular complexity index is 413. The van der Waals surface area contributed by atoms with Gasteiger partial charge in [-0.25, -0.2) is 0 Å². The summed E-state index contributed by atoms with van der Waals surface area (Å²) in [5, 5.41) is 3.32. The molecule has 0 aliphatic rings. The molecule has 0 heterocycles. The maximum absolute atomic E-state index is 5.43. The first kappa shape index (κ1) is 15.7. The van der Waals surface area contributed by atoms with Crippen LogP contribution >= 0.6 is 0 Å². The van der Waals surface area contributed by atoms with Crippen molar-refractivity contribution >= 4 is 6.08 Å². The minimum Gasteiger partial charge on any atom is -0.496 e. The van der Waals surface area contributed by atoms with Gasteiger partial charge in [0.25, 0.3) is 0 Å². The minimum absolute atomic E-state index is 0.759. The van der Waals surface area contributed by atoms with Gasteiger partial charge >= 0.3 is 0 Å². The van der Waals surface area contributed by atoms with Crippen LogP contribution < -0.4 is 10.1 Å². The highest BCUT2D eigenvalue weighted by molar-refractivity contribution is 5.62. The second-order valence-corrected chi connectivity index (χ2v) is 4.63. The third-order valence-electron chi connectivity index (χ3n) is 2.97. The van der Waals surface area contributed by atoms with Gasteiger partial charge in [0, 0.05) is 19.2 Å². The summed E-state index contributed by atoms with van der Waals surface area (Å²) in [5.74, 6) is 0.945. The molecule has 0 spiro atoms. The lowest BCUT2D eigenvalue weighted by atomic mass is 10.0. The zero-order chi connectivity index (χ0) is 14.1. The van der Waals surface area contributed by atoms with E-state index in [0.717, 1.165) is 31.9 Å². The van der Waals surface area contributed by atoms with Crippen molar-refractivity contribution in [3.63, 3.8) is 0 Å².